The van der Waals surface area contributed by atoms with E-state index < -0.39 is 0 Å². The van der Waals surface area contributed by atoms with Gasteiger partial charge in [0.15, 0.2) is 0 Å². The summed E-state index contributed by atoms with van der Waals surface area (Å²) in [6, 6.07) is 5.22. The Balaban J connectivity index is 2.82. The fourth-order valence-electron chi connectivity index (χ4n) is 1.36. The molecule has 4 heteroatoms. The van der Waals surface area contributed by atoms with Gasteiger partial charge >= 0.3 is 0 Å². The van der Waals surface area contributed by atoms with Crippen molar-refractivity contribution in [1.82, 2.24) is 0 Å². The molecule has 0 heterocycles. The van der Waals surface area contributed by atoms with Gasteiger partial charge in [0.25, 0.3) is 0 Å². The molecule has 1 aromatic carbocycles. The monoisotopic (exact) mass is 265 g/mol. The van der Waals surface area contributed by atoms with E-state index in [9.17, 15) is 4.79 Å². The quantitative estimate of drug-likeness (QED) is 0.823. The molecule has 0 saturated heterocycles. The number of rotatable bonds is 4. The van der Waals surface area contributed by atoms with Gasteiger partial charge < -0.3 is 10.4 Å². The largest absolute Gasteiger partial charge is 0.395 e. The third-order valence-electron chi connectivity index (χ3n) is 2.19. The van der Waals surface area contributed by atoms with Gasteiger partial charge in [-0.05, 0) is 24.6 Å². The molecule has 1 amide bonds. The summed E-state index contributed by atoms with van der Waals surface area (Å²) in [7, 11) is 0. The molecule has 0 aliphatic carbocycles. The maximum Gasteiger partial charge on any atom is 0.224 e. The second-order valence-electron chi connectivity index (χ2n) is 3.77. The van der Waals surface area contributed by atoms with E-state index in [0.29, 0.717) is 23.6 Å². The summed E-state index contributed by atoms with van der Waals surface area (Å²) in [5.74, 6) is 5.66. The van der Waals surface area contributed by atoms with Crippen LogP contribution in [0.3, 0.4) is 0 Å². The molecule has 0 unspecified atom stereocenters. The second kappa shape index (κ2) is 7.75. The topological polar surface area (TPSA) is 49.3 Å². The van der Waals surface area contributed by atoms with Crippen LogP contribution in [0, 0.1) is 11.8 Å². The maximum absolute atomic E-state index is 11.5. The van der Waals surface area contributed by atoms with E-state index >= 15 is 0 Å². The third kappa shape index (κ3) is 4.79. The van der Waals surface area contributed by atoms with Crippen molar-refractivity contribution < 1.29 is 9.90 Å². The average molecular weight is 266 g/mol. The Morgan fingerprint density at radius 1 is 1.50 bits per heavy atom. The van der Waals surface area contributed by atoms with E-state index in [-0.39, 0.29) is 12.5 Å². The van der Waals surface area contributed by atoms with Crippen LogP contribution in [0.2, 0.25) is 5.02 Å². The molecule has 0 bridgehead atoms. The second-order valence-corrected chi connectivity index (χ2v) is 4.18. The van der Waals surface area contributed by atoms with Crippen molar-refractivity contribution in [1.29, 1.82) is 0 Å². The molecule has 1 aromatic rings. The van der Waals surface area contributed by atoms with Crippen LogP contribution in [0.1, 0.15) is 31.7 Å². The normalized spacial score (nSPS) is 9.50. The van der Waals surface area contributed by atoms with Crippen LogP contribution < -0.4 is 5.32 Å². The van der Waals surface area contributed by atoms with Crippen LogP contribution in [0.5, 0.6) is 0 Å². The van der Waals surface area contributed by atoms with Crippen molar-refractivity contribution in [2.75, 3.05) is 11.9 Å². The molecule has 0 aliphatic heterocycles. The van der Waals surface area contributed by atoms with Gasteiger partial charge in [-0.1, -0.05) is 30.4 Å². The van der Waals surface area contributed by atoms with Gasteiger partial charge in [0, 0.05) is 18.4 Å². The molecule has 0 fully saturated rings. The fourth-order valence-corrected chi connectivity index (χ4v) is 1.52. The van der Waals surface area contributed by atoms with Crippen LogP contribution in [-0.4, -0.2) is 17.6 Å². The number of aliphatic hydroxyl groups is 1. The summed E-state index contributed by atoms with van der Waals surface area (Å²) >= 11 is 6.00. The van der Waals surface area contributed by atoms with E-state index in [1.807, 2.05) is 6.92 Å². The minimum Gasteiger partial charge on any atom is -0.395 e. The SMILES string of the molecule is CCCC(=O)Nc1cc(C#CCCO)ccc1Cl. The smallest absolute Gasteiger partial charge is 0.224 e. The Kier molecular flexibility index (Phi) is 6.27. The minimum atomic E-state index is -0.0557. The lowest BCUT2D eigenvalue weighted by Crippen LogP contribution is -2.11. The molecule has 0 radical (unpaired) electrons. The molecule has 1 rings (SSSR count). The van der Waals surface area contributed by atoms with E-state index in [4.69, 9.17) is 16.7 Å². The van der Waals surface area contributed by atoms with Gasteiger partial charge in [0.1, 0.15) is 0 Å². The number of nitrogens with one attached hydrogen (secondary N) is 1. The molecule has 3 nitrogen and oxygen atoms in total. The highest BCUT2D eigenvalue weighted by atomic mass is 35.5. The number of hydrogen-bond donors (Lipinski definition) is 2. The maximum atomic E-state index is 11.5. The summed E-state index contributed by atoms with van der Waals surface area (Å²) in [4.78, 5) is 11.5. The Hall–Kier alpha value is -1.50. The van der Waals surface area contributed by atoms with Gasteiger partial charge in [-0.2, -0.15) is 0 Å². The van der Waals surface area contributed by atoms with Crippen molar-refractivity contribution in [3.8, 4) is 11.8 Å². The highest BCUT2D eigenvalue weighted by Gasteiger charge is 2.05. The molecular weight excluding hydrogens is 250 g/mol. The van der Waals surface area contributed by atoms with Crippen LogP contribution in [0.25, 0.3) is 0 Å². The first-order chi connectivity index (χ1) is 8.67. The van der Waals surface area contributed by atoms with Crippen molar-refractivity contribution in [2.45, 2.75) is 26.2 Å². The number of benzene rings is 1. The van der Waals surface area contributed by atoms with E-state index in [2.05, 4.69) is 17.2 Å². The predicted molar refractivity (Wildman–Crippen MR) is 73.6 cm³/mol. The van der Waals surface area contributed by atoms with E-state index in [1.54, 1.807) is 18.2 Å². The average Bonchev–Trinajstić information content (AvgIpc) is 2.34. The molecule has 0 atom stereocenters. The van der Waals surface area contributed by atoms with Crippen molar-refractivity contribution in [2.24, 2.45) is 0 Å². The first-order valence-corrected chi connectivity index (χ1v) is 6.24. The van der Waals surface area contributed by atoms with Gasteiger partial charge in [0.05, 0.1) is 17.3 Å². The zero-order valence-electron chi connectivity index (χ0n) is 10.3. The number of amides is 1. The van der Waals surface area contributed by atoms with Crippen molar-refractivity contribution in [3.05, 3.63) is 28.8 Å². The van der Waals surface area contributed by atoms with Crippen LogP contribution in [0.4, 0.5) is 5.69 Å². The van der Waals surface area contributed by atoms with Crippen LogP contribution >= 0.6 is 11.6 Å². The minimum absolute atomic E-state index is 0.0423. The first-order valence-electron chi connectivity index (χ1n) is 5.86. The van der Waals surface area contributed by atoms with Crippen molar-refractivity contribution in [3.63, 3.8) is 0 Å². The van der Waals surface area contributed by atoms with Gasteiger partial charge in [-0.15, -0.1) is 0 Å². The number of halogens is 1. The molecule has 18 heavy (non-hydrogen) atoms. The Labute approximate surface area is 112 Å². The molecule has 0 spiro atoms. The lowest BCUT2D eigenvalue weighted by atomic mass is 10.2. The summed E-state index contributed by atoms with van der Waals surface area (Å²) in [5.41, 5.74) is 1.34. The number of carbonyl (C=O) groups is 1. The standard InChI is InChI=1S/C14H16ClNO2/c1-2-5-14(18)16-13-10-11(6-3-4-9-17)7-8-12(13)15/h7-8,10,17H,2,4-5,9H2,1H3,(H,16,18). The Morgan fingerprint density at radius 3 is 2.94 bits per heavy atom. The first kappa shape index (κ1) is 14.6. The molecular formula is C14H16ClNO2. The summed E-state index contributed by atoms with van der Waals surface area (Å²) < 4.78 is 0. The van der Waals surface area contributed by atoms with E-state index in [0.717, 1.165) is 12.0 Å². The van der Waals surface area contributed by atoms with E-state index in [1.165, 1.54) is 0 Å². The lowest BCUT2D eigenvalue weighted by Gasteiger charge is -2.06. The van der Waals surface area contributed by atoms with Crippen molar-refractivity contribution >= 4 is 23.2 Å². The predicted octanol–water partition coefficient (Wildman–Crippen LogP) is 2.81. The van der Waals surface area contributed by atoms with Gasteiger partial charge in [-0.3, -0.25) is 4.79 Å². The lowest BCUT2D eigenvalue weighted by molar-refractivity contribution is -0.116. The van der Waals surface area contributed by atoms with Gasteiger partial charge in [-0.25, -0.2) is 0 Å². The number of anilines is 1. The summed E-state index contributed by atoms with van der Waals surface area (Å²) in [6.07, 6.45) is 1.69. The molecule has 96 valence electrons. The zero-order chi connectivity index (χ0) is 13.4. The summed E-state index contributed by atoms with van der Waals surface area (Å²) in [5, 5.41) is 11.9. The highest BCUT2D eigenvalue weighted by molar-refractivity contribution is 6.33. The third-order valence-corrected chi connectivity index (χ3v) is 2.52. The molecule has 0 aromatic heterocycles. The fraction of sp³-hybridized carbons (Fsp3) is 0.357. The molecule has 0 saturated carbocycles. The van der Waals surface area contributed by atoms with Gasteiger partial charge in [0.2, 0.25) is 5.91 Å². The van der Waals surface area contributed by atoms with Crippen LogP contribution in [0.15, 0.2) is 18.2 Å². The summed E-state index contributed by atoms with van der Waals surface area (Å²) in [6.45, 7) is 1.98. The highest BCUT2D eigenvalue weighted by Crippen LogP contribution is 2.23. The number of hydrogen-bond acceptors (Lipinski definition) is 2. The molecule has 2 N–H and O–H groups in total. The number of aliphatic hydroxyl groups excluding tert-OH is 1. The Morgan fingerprint density at radius 2 is 2.28 bits per heavy atom. The Bertz CT molecular complexity index is 474. The molecule has 0 aliphatic rings. The van der Waals surface area contributed by atoms with Crippen LogP contribution in [-0.2, 0) is 4.79 Å². The number of carbonyl (C=O) groups excluding carboxylic acids is 1. The zero-order valence-corrected chi connectivity index (χ0v) is 11.0.